The highest BCUT2D eigenvalue weighted by atomic mass is 32.1. The summed E-state index contributed by atoms with van der Waals surface area (Å²) in [5, 5.41) is 13.9. The van der Waals surface area contributed by atoms with Crippen molar-refractivity contribution in [3.8, 4) is 0 Å². The van der Waals surface area contributed by atoms with Crippen molar-refractivity contribution in [3.63, 3.8) is 0 Å². The van der Waals surface area contributed by atoms with Gasteiger partial charge in [-0.2, -0.15) is 11.3 Å². The van der Waals surface area contributed by atoms with Gasteiger partial charge in [-0.3, -0.25) is 9.69 Å². The minimum absolute atomic E-state index is 0.0528. The van der Waals surface area contributed by atoms with E-state index < -0.39 is 6.10 Å². The zero-order valence-electron chi connectivity index (χ0n) is 10.3. The standard InChI is InChI=1S/C13H18N2O2S/c16-12-8-15(13(17)10-3-6-18-9-10)7-11(12)14-4-1-2-5-14/h3,6,9,11-12,16H,1-2,4-5,7-8H2/t11-,12-/m1/s1. The molecule has 1 N–H and O–H groups in total. The van der Waals surface area contributed by atoms with Gasteiger partial charge in [0.2, 0.25) is 0 Å². The predicted molar refractivity (Wildman–Crippen MR) is 70.8 cm³/mol. The summed E-state index contributed by atoms with van der Waals surface area (Å²) in [4.78, 5) is 16.3. The summed E-state index contributed by atoms with van der Waals surface area (Å²) >= 11 is 1.53. The van der Waals surface area contributed by atoms with Crippen LogP contribution in [0.4, 0.5) is 0 Å². The van der Waals surface area contributed by atoms with Crippen LogP contribution in [0.1, 0.15) is 23.2 Å². The summed E-state index contributed by atoms with van der Waals surface area (Å²) in [6.45, 7) is 3.25. The fourth-order valence-corrected chi connectivity index (χ4v) is 3.57. The third kappa shape index (κ3) is 2.18. The molecule has 0 unspecified atom stereocenters. The second-order valence-electron chi connectivity index (χ2n) is 5.10. The molecule has 4 nitrogen and oxygen atoms in total. The van der Waals surface area contributed by atoms with Crippen molar-refractivity contribution in [1.82, 2.24) is 9.80 Å². The third-order valence-corrected chi connectivity index (χ3v) is 4.61. The van der Waals surface area contributed by atoms with Crippen LogP contribution in [0.5, 0.6) is 0 Å². The van der Waals surface area contributed by atoms with Crippen molar-refractivity contribution < 1.29 is 9.90 Å². The van der Waals surface area contributed by atoms with Gasteiger partial charge in [0.05, 0.1) is 17.7 Å². The van der Waals surface area contributed by atoms with Gasteiger partial charge in [-0.15, -0.1) is 0 Å². The SMILES string of the molecule is O=C(c1ccsc1)N1C[C@@H](O)[C@H](N2CCCC2)C1. The maximum absolute atomic E-state index is 12.2. The van der Waals surface area contributed by atoms with Gasteiger partial charge in [0.15, 0.2) is 0 Å². The number of hydrogen-bond donors (Lipinski definition) is 1. The summed E-state index contributed by atoms with van der Waals surface area (Å²) in [7, 11) is 0. The zero-order valence-corrected chi connectivity index (χ0v) is 11.1. The topological polar surface area (TPSA) is 43.8 Å². The second kappa shape index (κ2) is 4.99. The van der Waals surface area contributed by atoms with Crippen LogP contribution in [0.3, 0.4) is 0 Å². The number of thiophene rings is 1. The Morgan fingerprint density at radius 2 is 2.11 bits per heavy atom. The maximum atomic E-state index is 12.2. The summed E-state index contributed by atoms with van der Waals surface area (Å²) in [5.74, 6) is 0.0528. The van der Waals surface area contributed by atoms with Crippen molar-refractivity contribution in [3.05, 3.63) is 22.4 Å². The van der Waals surface area contributed by atoms with Crippen LogP contribution in [0.25, 0.3) is 0 Å². The van der Waals surface area contributed by atoms with Crippen LogP contribution in [-0.4, -0.2) is 59.1 Å². The highest BCUT2D eigenvalue weighted by molar-refractivity contribution is 7.08. The Morgan fingerprint density at radius 3 is 2.78 bits per heavy atom. The maximum Gasteiger partial charge on any atom is 0.254 e. The molecule has 98 valence electrons. The molecule has 1 aromatic heterocycles. The fourth-order valence-electron chi connectivity index (χ4n) is 2.94. The van der Waals surface area contributed by atoms with E-state index in [1.165, 1.54) is 24.2 Å². The highest BCUT2D eigenvalue weighted by Crippen LogP contribution is 2.22. The molecule has 0 radical (unpaired) electrons. The summed E-state index contributed by atoms with van der Waals surface area (Å²) in [6.07, 6.45) is 2.02. The molecule has 1 aromatic rings. The average molecular weight is 266 g/mol. The van der Waals surface area contributed by atoms with Crippen LogP contribution in [0, 0.1) is 0 Å². The molecule has 3 heterocycles. The smallest absolute Gasteiger partial charge is 0.254 e. The first-order valence-corrected chi connectivity index (χ1v) is 7.43. The second-order valence-corrected chi connectivity index (χ2v) is 5.88. The van der Waals surface area contributed by atoms with E-state index in [1.54, 1.807) is 4.90 Å². The molecule has 5 heteroatoms. The van der Waals surface area contributed by atoms with Gasteiger partial charge >= 0.3 is 0 Å². The largest absolute Gasteiger partial charge is 0.390 e. The molecule has 18 heavy (non-hydrogen) atoms. The van der Waals surface area contributed by atoms with Crippen molar-refractivity contribution in [2.45, 2.75) is 25.0 Å². The van der Waals surface area contributed by atoms with E-state index in [9.17, 15) is 9.90 Å². The molecule has 2 atom stereocenters. The van der Waals surface area contributed by atoms with Gasteiger partial charge < -0.3 is 10.0 Å². The Bertz CT molecular complexity index is 415. The average Bonchev–Trinajstić information content (AvgIpc) is 3.09. The molecule has 2 fully saturated rings. The van der Waals surface area contributed by atoms with Crippen LogP contribution in [0.2, 0.25) is 0 Å². The van der Waals surface area contributed by atoms with Gasteiger partial charge in [0.25, 0.3) is 5.91 Å². The normalized spacial score (nSPS) is 29.1. The molecule has 2 aliphatic rings. The molecular formula is C13H18N2O2S. The number of aliphatic hydroxyl groups excluding tert-OH is 1. The van der Waals surface area contributed by atoms with Crippen LogP contribution in [-0.2, 0) is 0 Å². The zero-order chi connectivity index (χ0) is 12.5. The van der Waals surface area contributed by atoms with E-state index in [1.807, 2.05) is 16.8 Å². The Morgan fingerprint density at radius 1 is 1.33 bits per heavy atom. The van der Waals surface area contributed by atoms with Crippen LogP contribution in [0.15, 0.2) is 16.8 Å². The number of likely N-dealkylation sites (tertiary alicyclic amines) is 2. The minimum atomic E-state index is -0.398. The van der Waals surface area contributed by atoms with E-state index in [2.05, 4.69) is 4.90 Å². The highest BCUT2D eigenvalue weighted by Gasteiger charge is 2.38. The number of carbonyl (C=O) groups excluding carboxylic acids is 1. The van der Waals surface area contributed by atoms with Crippen molar-refractivity contribution in [2.24, 2.45) is 0 Å². The summed E-state index contributed by atoms with van der Waals surface area (Å²) in [6, 6.07) is 1.98. The molecule has 1 amide bonds. The quantitative estimate of drug-likeness (QED) is 0.869. The molecule has 2 saturated heterocycles. The number of aliphatic hydroxyl groups is 1. The van der Waals surface area contributed by atoms with Crippen molar-refractivity contribution in [1.29, 1.82) is 0 Å². The molecule has 0 saturated carbocycles. The number of nitrogens with zero attached hydrogens (tertiary/aromatic N) is 2. The first kappa shape index (κ1) is 12.1. The first-order chi connectivity index (χ1) is 8.75. The third-order valence-electron chi connectivity index (χ3n) is 3.92. The minimum Gasteiger partial charge on any atom is -0.390 e. The van der Waals surface area contributed by atoms with E-state index in [0.717, 1.165) is 18.7 Å². The van der Waals surface area contributed by atoms with Crippen LogP contribution >= 0.6 is 11.3 Å². The van der Waals surface area contributed by atoms with Gasteiger partial charge in [-0.25, -0.2) is 0 Å². The summed E-state index contributed by atoms with van der Waals surface area (Å²) in [5.41, 5.74) is 0.745. The van der Waals surface area contributed by atoms with E-state index in [4.69, 9.17) is 0 Å². The lowest BCUT2D eigenvalue weighted by Crippen LogP contribution is -2.41. The lowest BCUT2D eigenvalue weighted by atomic mass is 10.2. The Hall–Kier alpha value is -0.910. The molecule has 0 aliphatic carbocycles. The molecule has 0 bridgehead atoms. The van der Waals surface area contributed by atoms with Gasteiger partial charge in [-0.1, -0.05) is 0 Å². The molecular weight excluding hydrogens is 248 g/mol. The Kier molecular flexibility index (Phi) is 3.37. The van der Waals surface area contributed by atoms with Gasteiger partial charge in [0, 0.05) is 18.5 Å². The monoisotopic (exact) mass is 266 g/mol. The Labute approximate surface area is 111 Å². The van der Waals surface area contributed by atoms with E-state index in [-0.39, 0.29) is 11.9 Å². The number of β-amino-alcohol motifs (C(OH)–C–C–N with tert-alkyl or cyclic N) is 1. The van der Waals surface area contributed by atoms with Gasteiger partial charge in [0.1, 0.15) is 0 Å². The number of amides is 1. The fraction of sp³-hybridized carbons (Fsp3) is 0.615. The van der Waals surface area contributed by atoms with E-state index >= 15 is 0 Å². The van der Waals surface area contributed by atoms with Crippen LogP contribution < -0.4 is 0 Å². The molecule has 0 aromatic carbocycles. The molecule has 3 rings (SSSR count). The number of rotatable bonds is 2. The van der Waals surface area contributed by atoms with E-state index in [0.29, 0.717) is 13.1 Å². The Balaban J connectivity index is 1.68. The number of hydrogen-bond acceptors (Lipinski definition) is 4. The number of carbonyl (C=O) groups is 1. The molecule has 2 aliphatic heterocycles. The lowest BCUT2D eigenvalue weighted by molar-refractivity contribution is 0.0764. The first-order valence-electron chi connectivity index (χ1n) is 6.49. The molecule has 0 spiro atoms. The van der Waals surface area contributed by atoms with Crippen molar-refractivity contribution >= 4 is 17.2 Å². The summed E-state index contributed by atoms with van der Waals surface area (Å²) < 4.78 is 0. The van der Waals surface area contributed by atoms with Crippen molar-refractivity contribution in [2.75, 3.05) is 26.2 Å². The van der Waals surface area contributed by atoms with Gasteiger partial charge in [-0.05, 0) is 37.4 Å². The predicted octanol–water partition coefficient (Wildman–Crippen LogP) is 1.03. The lowest BCUT2D eigenvalue weighted by Gasteiger charge is -2.25.